The summed E-state index contributed by atoms with van der Waals surface area (Å²) in [7, 11) is 0. The second-order valence-electron chi connectivity index (χ2n) is 10.3. The molecule has 3 aliphatic heterocycles. The van der Waals surface area contributed by atoms with Gasteiger partial charge in [0.1, 0.15) is 0 Å². The van der Waals surface area contributed by atoms with Crippen LogP contribution in [0.25, 0.3) is 22.0 Å². The molecule has 8 rings (SSSR count). The molecule has 0 radical (unpaired) electrons. The number of rotatable bonds is 2. The molecule has 0 saturated heterocycles. The Kier molecular flexibility index (Phi) is 4.79. The molecule has 37 heavy (non-hydrogen) atoms. The van der Waals surface area contributed by atoms with Crippen LogP contribution >= 0.6 is 11.8 Å². The van der Waals surface area contributed by atoms with Crippen LogP contribution in [0.5, 0.6) is 0 Å². The fourth-order valence-electron chi connectivity index (χ4n) is 6.95. The van der Waals surface area contributed by atoms with Crippen LogP contribution in [0.3, 0.4) is 0 Å². The van der Waals surface area contributed by atoms with Crippen molar-refractivity contribution in [1.82, 2.24) is 14.5 Å². The van der Waals surface area contributed by atoms with Gasteiger partial charge in [-0.1, -0.05) is 78.9 Å². The highest BCUT2D eigenvalue weighted by atomic mass is 32.2. The van der Waals surface area contributed by atoms with Gasteiger partial charge in [0.2, 0.25) is 0 Å². The molecule has 0 fully saturated rings. The first-order valence-electron chi connectivity index (χ1n) is 13.2. The van der Waals surface area contributed by atoms with Crippen LogP contribution < -0.4 is 5.56 Å². The highest BCUT2D eigenvalue weighted by Gasteiger charge is 2.44. The molecular weight excluding hydrogens is 474 g/mol. The third-order valence-corrected chi connectivity index (χ3v) is 9.59. The molecule has 3 aromatic carbocycles. The van der Waals surface area contributed by atoms with Gasteiger partial charge in [0.15, 0.2) is 0 Å². The van der Waals surface area contributed by atoms with E-state index in [1.54, 1.807) is 0 Å². The van der Waals surface area contributed by atoms with Crippen LogP contribution in [-0.4, -0.2) is 26.7 Å². The zero-order valence-electron chi connectivity index (χ0n) is 20.5. The first-order chi connectivity index (χ1) is 18.3. The number of thioether (sulfide) groups is 1. The second-order valence-corrected chi connectivity index (χ2v) is 11.4. The molecule has 0 bridgehead atoms. The number of para-hydroxylation sites is 1. The maximum atomic E-state index is 14.3. The predicted molar refractivity (Wildman–Crippen MR) is 150 cm³/mol. The lowest BCUT2D eigenvalue weighted by molar-refractivity contribution is 0.126. The molecule has 5 heterocycles. The van der Waals surface area contributed by atoms with Crippen molar-refractivity contribution in [2.45, 2.75) is 36.5 Å². The number of pyridine rings is 1. The SMILES string of the molecule is O=c1c2c(c(-c3ccccc3)c3n1CCS3)C[C@H](c1ccccc1)N1CCc3c([nH]c4ccccc34)[C@@H]21. The van der Waals surface area contributed by atoms with Gasteiger partial charge in [0.05, 0.1) is 11.1 Å². The van der Waals surface area contributed by atoms with Crippen LogP contribution in [0, 0.1) is 0 Å². The first-order valence-corrected chi connectivity index (χ1v) is 14.2. The average Bonchev–Trinajstić information content (AvgIpc) is 3.59. The Bertz CT molecular complexity index is 1720. The van der Waals surface area contributed by atoms with E-state index < -0.39 is 0 Å². The van der Waals surface area contributed by atoms with Crippen LogP contribution in [0.15, 0.2) is 94.7 Å². The van der Waals surface area contributed by atoms with Crippen molar-refractivity contribution in [3.63, 3.8) is 0 Å². The van der Waals surface area contributed by atoms with Gasteiger partial charge in [-0.3, -0.25) is 9.69 Å². The largest absolute Gasteiger partial charge is 0.357 e. The zero-order valence-corrected chi connectivity index (χ0v) is 21.3. The third-order valence-electron chi connectivity index (χ3n) is 8.50. The summed E-state index contributed by atoms with van der Waals surface area (Å²) in [6, 6.07) is 30.3. The van der Waals surface area contributed by atoms with E-state index in [1.807, 2.05) is 11.8 Å². The van der Waals surface area contributed by atoms with Crippen molar-refractivity contribution >= 4 is 22.7 Å². The van der Waals surface area contributed by atoms with Gasteiger partial charge < -0.3 is 9.55 Å². The highest BCUT2D eigenvalue weighted by Crippen LogP contribution is 2.50. The number of fused-ring (bicyclic) bond motifs is 8. The third kappa shape index (κ3) is 3.11. The molecule has 0 aliphatic carbocycles. The number of H-pyrrole nitrogens is 1. The van der Waals surface area contributed by atoms with E-state index in [2.05, 4.69) is 99.4 Å². The Morgan fingerprint density at radius 1 is 0.838 bits per heavy atom. The summed E-state index contributed by atoms with van der Waals surface area (Å²) >= 11 is 1.83. The Labute approximate surface area is 220 Å². The van der Waals surface area contributed by atoms with E-state index >= 15 is 0 Å². The van der Waals surface area contributed by atoms with E-state index in [-0.39, 0.29) is 17.6 Å². The lowest BCUT2D eigenvalue weighted by atomic mass is 9.79. The lowest BCUT2D eigenvalue weighted by Gasteiger charge is -2.46. The Hall–Kier alpha value is -3.54. The maximum absolute atomic E-state index is 14.3. The molecule has 0 saturated carbocycles. The van der Waals surface area contributed by atoms with Gasteiger partial charge in [-0.05, 0) is 41.2 Å². The van der Waals surface area contributed by atoms with Crippen molar-refractivity contribution in [2.24, 2.45) is 0 Å². The second kappa shape index (κ2) is 8.23. The Morgan fingerprint density at radius 3 is 2.43 bits per heavy atom. The summed E-state index contributed by atoms with van der Waals surface area (Å²) in [5, 5.41) is 2.43. The summed E-state index contributed by atoms with van der Waals surface area (Å²) in [6.45, 7) is 1.72. The molecule has 5 aromatic rings. The van der Waals surface area contributed by atoms with Crippen LogP contribution in [0.1, 0.15) is 40.0 Å². The maximum Gasteiger partial charge on any atom is 0.256 e. The summed E-state index contributed by atoms with van der Waals surface area (Å²) < 4.78 is 2.06. The molecule has 5 heteroatoms. The fourth-order valence-corrected chi connectivity index (χ4v) is 8.13. The van der Waals surface area contributed by atoms with Gasteiger partial charge >= 0.3 is 0 Å². The molecule has 0 unspecified atom stereocenters. The number of nitrogens with zero attached hydrogens (tertiary/aromatic N) is 2. The molecule has 3 aliphatic rings. The van der Waals surface area contributed by atoms with Crippen LogP contribution in [-0.2, 0) is 19.4 Å². The minimum Gasteiger partial charge on any atom is -0.357 e. The minimum absolute atomic E-state index is 0.0801. The summed E-state index contributed by atoms with van der Waals surface area (Å²) in [5.74, 6) is 0.950. The van der Waals surface area contributed by atoms with Crippen molar-refractivity contribution in [1.29, 1.82) is 0 Å². The monoisotopic (exact) mass is 501 g/mol. The molecule has 2 aromatic heterocycles. The standard InChI is InChI=1S/C32H27N3OS/c36-31-28-24(27(21-11-5-2-6-12-21)32-35(31)17-18-37-32)19-26(20-9-3-1-4-10-20)34-16-15-23-22-13-7-8-14-25(22)33-29(23)30(28)34/h1-14,26,30,33H,15-19H2/t26-,30-/m1/s1. The van der Waals surface area contributed by atoms with Crippen molar-refractivity contribution in [2.75, 3.05) is 12.3 Å². The first kappa shape index (κ1) is 21.5. The fraction of sp³-hybridized carbons (Fsp3) is 0.219. The molecule has 2 atom stereocenters. The van der Waals surface area contributed by atoms with Gasteiger partial charge in [-0.15, -0.1) is 11.8 Å². The summed E-state index contributed by atoms with van der Waals surface area (Å²) in [4.78, 5) is 20.7. The van der Waals surface area contributed by atoms with Crippen molar-refractivity contribution in [3.8, 4) is 11.1 Å². The highest BCUT2D eigenvalue weighted by molar-refractivity contribution is 7.99. The molecule has 1 N–H and O–H groups in total. The van der Waals surface area contributed by atoms with Crippen LogP contribution in [0.2, 0.25) is 0 Å². The topological polar surface area (TPSA) is 41.0 Å². The minimum atomic E-state index is -0.0801. The number of nitrogens with one attached hydrogen (secondary N) is 1. The lowest BCUT2D eigenvalue weighted by Crippen LogP contribution is -2.46. The predicted octanol–water partition coefficient (Wildman–Crippen LogP) is 6.35. The van der Waals surface area contributed by atoms with Gasteiger partial charge in [-0.25, -0.2) is 0 Å². The van der Waals surface area contributed by atoms with Gasteiger partial charge in [0.25, 0.3) is 5.56 Å². The molecular formula is C32H27N3OS. The molecule has 0 amide bonds. The number of hydrogen-bond donors (Lipinski definition) is 1. The van der Waals surface area contributed by atoms with Crippen molar-refractivity contribution < 1.29 is 0 Å². The van der Waals surface area contributed by atoms with Gasteiger partial charge in [0, 0.05) is 52.6 Å². The normalized spacial score (nSPS) is 20.3. The number of aromatic amines is 1. The smallest absolute Gasteiger partial charge is 0.256 e. The molecule has 4 nitrogen and oxygen atoms in total. The number of benzene rings is 3. The van der Waals surface area contributed by atoms with E-state index in [0.29, 0.717) is 0 Å². The van der Waals surface area contributed by atoms with Crippen LogP contribution in [0.4, 0.5) is 0 Å². The number of hydrogen-bond acceptors (Lipinski definition) is 3. The van der Waals surface area contributed by atoms with E-state index in [0.717, 1.165) is 47.8 Å². The average molecular weight is 502 g/mol. The Balaban J connectivity index is 1.46. The van der Waals surface area contributed by atoms with E-state index in [1.165, 1.54) is 38.9 Å². The number of aromatic nitrogens is 2. The quantitative estimate of drug-likeness (QED) is 0.307. The zero-order chi connectivity index (χ0) is 24.5. The molecule has 182 valence electrons. The summed E-state index contributed by atoms with van der Waals surface area (Å²) in [6.07, 6.45) is 1.83. The Morgan fingerprint density at radius 2 is 1.59 bits per heavy atom. The van der Waals surface area contributed by atoms with Crippen molar-refractivity contribution in [3.05, 3.63) is 123 Å². The van der Waals surface area contributed by atoms with Gasteiger partial charge in [-0.2, -0.15) is 0 Å². The summed E-state index contributed by atoms with van der Waals surface area (Å²) in [5.41, 5.74) is 9.95. The van der Waals surface area contributed by atoms with E-state index in [4.69, 9.17) is 0 Å². The molecule has 0 spiro atoms. The van der Waals surface area contributed by atoms with E-state index in [9.17, 15) is 4.79 Å².